The maximum absolute atomic E-state index is 12.5. The molecule has 1 N–H and O–H groups in total. The Morgan fingerprint density at radius 2 is 1.50 bits per heavy atom. The molecule has 0 radical (unpaired) electrons. The van der Waals surface area contributed by atoms with Crippen molar-refractivity contribution in [2.45, 2.75) is 68.2 Å². The van der Waals surface area contributed by atoms with E-state index >= 15 is 0 Å². The third-order valence-corrected chi connectivity index (χ3v) is 6.23. The van der Waals surface area contributed by atoms with E-state index in [0.717, 1.165) is 50.5 Å². The van der Waals surface area contributed by atoms with Gasteiger partial charge in [-0.15, -0.1) is 0 Å². The molecular formula is C25H29Cl3O4. The fourth-order valence-corrected chi connectivity index (χ4v) is 3.78. The molecule has 2 aromatic carbocycles. The maximum Gasteiger partial charge on any atom is 0.340 e. The summed E-state index contributed by atoms with van der Waals surface area (Å²) in [6, 6.07) is 16.7. The third kappa shape index (κ3) is 9.81. The van der Waals surface area contributed by atoms with Crippen LogP contribution >= 0.6 is 34.8 Å². The van der Waals surface area contributed by atoms with Crippen LogP contribution < -0.4 is 0 Å². The fourth-order valence-electron chi connectivity index (χ4n) is 3.39. The number of carbonyl (C=O) groups is 2. The number of hydrogen-bond acceptors (Lipinski definition) is 3. The molecule has 1 unspecified atom stereocenters. The molecule has 0 aromatic heterocycles. The minimum Gasteiger partial charge on any atom is -0.479 e. The summed E-state index contributed by atoms with van der Waals surface area (Å²) < 4.78 is 4.11. The van der Waals surface area contributed by atoms with E-state index in [2.05, 4.69) is 0 Å². The Hall–Kier alpha value is -1.75. The molecule has 0 heterocycles. The smallest absolute Gasteiger partial charge is 0.340 e. The molecule has 4 nitrogen and oxygen atoms in total. The molecule has 0 fully saturated rings. The second-order valence-corrected chi connectivity index (χ2v) is 9.79. The van der Waals surface area contributed by atoms with Crippen molar-refractivity contribution in [1.82, 2.24) is 0 Å². The van der Waals surface area contributed by atoms with Crippen molar-refractivity contribution in [3.8, 4) is 0 Å². The Balaban J connectivity index is 1.79. The van der Waals surface area contributed by atoms with Gasteiger partial charge in [-0.2, -0.15) is 0 Å². The molecule has 0 aliphatic carbocycles. The topological polar surface area (TPSA) is 63.6 Å². The Kier molecular flexibility index (Phi) is 11.4. The zero-order chi connectivity index (χ0) is 23.4. The number of alkyl halides is 2. The minimum atomic E-state index is -1.71. The molecule has 0 spiro atoms. The highest BCUT2D eigenvalue weighted by molar-refractivity contribution is 6.57. The number of aryl methyl sites for hydroxylation is 1. The van der Waals surface area contributed by atoms with Crippen molar-refractivity contribution in [2.24, 2.45) is 0 Å². The summed E-state index contributed by atoms with van der Waals surface area (Å²) in [5.41, 5.74) is 1.70. The monoisotopic (exact) mass is 498 g/mol. The average molecular weight is 500 g/mol. The molecule has 0 aliphatic heterocycles. The zero-order valence-electron chi connectivity index (χ0n) is 17.9. The van der Waals surface area contributed by atoms with Crippen LogP contribution in [0.5, 0.6) is 0 Å². The van der Waals surface area contributed by atoms with Gasteiger partial charge < -0.3 is 9.84 Å². The van der Waals surface area contributed by atoms with E-state index in [0.29, 0.717) is 17.0 Å². The number of carbonyl (C=O) groups excluding carboxylic acids is 1. The first-order valence-corrected chi connectivity index (χ1v) is 12.0. The number of benzene rings is 2. The van der Waals surface area contributed by atoms with Gasteiger partial charge in [-0.05, 0) is 68.4 Å². The van der Waals surface area contributed by atoms with Gasteiger partial charge in [0.1, 0.15) is 6.10 Å². The van der Waals surface area contributed by atoms with Crippen LogP contribution in [0.3, 0.4) is 0 Å². The number of unbranched alkanes of at least 4 members (excludes halogenated alkanes) is 4. The lowest BCUT2D eigenvalue weighted by Gasteiger charge is -2.18. The van der Waals surface area contributed by atoms with Crippen LogP contribution in [-0.4, -0.2) is 27.5 Å². The number of aliphatic carboxylic acids is 1. The van der Waals surface area contributed by atoms with Gasteiger partial charge in [0.05, 0.1) is 5.56 Å². The highest BCUT2D eigenvalue weighted by Gasteiger charge is 2.32. The Bertz CT molecular complexity index is 838. The first-order valence-electron chi connectivity index (χ1n) is 10.9. The molecule has 174 valence electrons. The van der Waals surface area contributed by atoms with Crippen molar-refractivity contribution in [1.29, 1.82) is 0 Å². The SMILES string of the molecule is O=C(OC(CCCCCCCC(Cl)(Cl)C(=O)O)CCc1ccc(Cl)cc1)c1ccccc1. The molecule has 0 saturated carbocycles. The second-order valence-electron chi connectivity index (χ2n) is 7.87. The van der Waals surface area contributed by atoms with Crippen molar-refractivity contribution in [3.63, 3.8) is 0 Å². The third-order valence-electron chi connectivity index (χ3n) is 5.28. The van der Waals surface area contributed by atoms with Crippen LogP contribution in [0.25, 0.3) is 0 Å². The highest BCUT2D eigenvalue weighted by Crippen LogP contribution is 2.28. The summed E-state index contributed by atoms with van der Waals surface area (Å²) in [5.74, 6) is -1.51. The summed E-state index contributed by atoms with van der Waals surface area (Å²) >= 11 is 17.5. The van der Waals surface area contributed by atoms with Crippen molar-refractivity contribution < 1.29 is 19.4 Å². The average Bonchev–Trinajstić information content (AvgIpc) is 2.78. The summed E-state index contributed by atoms with van der Waals surface area (Å²) in [7, 11) is 0. The van der Waals surface area contributed by atoms with Crippen LogP contribution in [0.1, 0.15) is 67.3 Å². The van der Waals surface area contributed by atoms with Crippen LogP contribution in [0.4, 0.5) is 0 Å². The molecule has 0 aliphatic rings. The number of rotatable bonds is 14. The van der Waals surface area contributed by atoms with Gasteiger partial charge in [0.2, 0.25) is 4.33 Å². The lowest BCUT2D eigenvalue weighted by molar-refractivity contribution is -0.138. The Morgan fingerprint density at radius 3 is 2.16 bits per heavy atom. The van der Waals surface area contributed by atoms with Gasteiger partial charge in [-0.25, -0.2) is 9.59 Å². The zero-order valence-corrected chi connectivity index (χ0v) is 20.2. The van der Waals surface area contributed by atoms with Crippen molar-refractivity contribution in [3.05, 3.63) is 70.7 Å². The molecule has 32 heavy (non-hydrogen) atoms. The minimum absolute atomic E-state index is 0.177. The van der Waals surface area contributed by atoms with Gasteiger partial charge in [0.25, 0.3) is 0 Å². The van der Waals surface area contributed by atoms with Crippen LogP contribution in [0.15, 0.2) is 54.6 Å². The number of esters is 1. The molecule has 0 bridgehead atoms. The molecule has 0 amide bonds. The van der Waals surface area contributed by atoms with Crippen LogP contribution in [0, 0.1) is 0 Å². The van der Waals surface area contributed by atoms with Gasteiger partial charge in [0.15, 0.2) is 0 Å². The van der Waals surface area contributed by atoms with Gasteiger partial charge in [-0.1, -0.05) is 84.4 Å². The standard InChI is InChI=1S/C25H29Cl3O4/c26-21-15-12-19(13-16-21)14-17-22(32-23(29)20-9-5-4-6-10-20)11-7-2-1-3-8-18-25(27,28)24(30)31/h4-6,9-10,12-13,15-16,22H,1-3,7-8,11,14,17-18H2,(H,30,31). The highest BCUT2D eigenvalue weighted by atomic mass is 35.5. The summed E-state index contributed by atoms with van der Waals surface area (Å²) in [4.78, 5) is 23.4. The van der Waals surface area contributed by atoms with Crippen molar-refractivity contribution in [2.75, 3.05) is 0 Å². The van der Waals surface area contributed by atoms with Gasteiger partial charge >= 0.3 is 11.9 Å². The molecule has 0 saturated heterocycles. The number of hydrogen-bond donors (Lipinski definition) is 1. The fraction of sp³-hybridized carbons (Fsp3) is 0.440. The number of carboxylic acids is 1. The Labute approximate surface area is 204 Å². The van der Waals surface area contributed by atoms with E-state index in [9.17, 15) is 9.59 Å². The number of carboxylic acid groups (broad SMARTS) is 1. The van der Waals surface area contributed by atoms with E-state index in [1.165, 1.54) is 0 Å². The van der Waals surface area contributed by atoms with Crippen LogP contribution in [0.2, 0.25) is 5.02 Å². The summed E-state index contributed by atoms with van der Waals surface area (Å²) in [5, 5.41) is 9.63. The summed E-state index contributed by atoms with van der Waals surface area (Å²) in [6.07, 6.45) is 6.69. The number of halogens is 3. The normalized spacial score (nSPS) is 12.3. The van der Waals surface area contributed by atoms with E-state index in [-0.39, 0.29) is 18.5 Å². The predicted octanol–water partition coefficient (Wildman–Crippen LogP) is 7.49. The molecule has 2 rings (SSSR count). The van der Waals surface area contributed by atoms with Gasteiger partial charge in [0, 0.05) is 5.02 Å². The largest absolute Gasteiger partial charge is 0.479 e. The van der Waals surface area contributed by atoms with Crippen LogP contribution in [-0.2, 0) is 16.0 Å². The molecule has 7 heteroatoms. The first-order chi connectivity index (χ1) is 15.3. The lowest BCUT2D eigenvalue weighted by atomic mass is 10.0. The maximum atomic E-state index is 12.5. The van der Waals surface area contributed by atoms with Gasteiger partial charge in [-0.3, -0.25) is 0 Å². The quantitative estimate of drug-likeness (QED) is 0.166. The Morgan fingerprint density at radius 1 is 0.875 bits per heavy atom. The summed E-state index contributed by atoms with van der Waals surface area (Å²) in [6.45, 7) is 0. The van der Waals surface area contributed by atoms with E-state index in [1.54, 1.807) is 12.1 Å². The van der Waals surface area contributed by atoms with E-state index < -0.39 is 10.3 Å². The second kappa shape index (κ2) is 13.7. The van der Waals surface area contributed by atoms with Crippen molar-refractivity contribution >= 4 is 46.7 Å². The predicted molar refractivity (Wildman–Crippen MR) is 130 cm³/mol. The molecular weight excluding hydrogens is 471 g/mol. The van der Waals surface area contributed by atoms with E-state index in [4.69, 9.17) is 44.6 Å². The molecule has 2 aromatic rings. The van der Waals surface area contributed by atoms with E-state index in [1.807, 2.05) is 42.5 Å². The molecule has 1 atom stereocenters. The lowest BCUT2D eigenvalue weighted by Crippen LogP contribution is -2.25. The number of ether oxygens (including phenoxy) is 1. The first kappa shape index (κ1) is 26.5.